The van der Waals surface area contributed by atoms with Crippen LogP contribution in [0.1, 0.15) is 44.8 Å². The Morgan fingerprint density at radius 1 is 0.840 bits per heavy atom. The highest BCUT2D eigenvalue weighted by Crippen LogP contribution is 2.48. The quantitative estimate of drug-likeness (QED) is 0.0849. The fourth-order valence-electron chi connectivity index (χ4n) is 7.24. The van der Waals surface area contributed by atoms with E-state index in [-0.39, 0.29) is 52.3 Å². The van der Waals surface area contributed by atoms with Gasteiger partial charge in [0.25, 0.3) is 11.8 Å². The molecule has 0 bridgehead atoms. The van der Waals surface area contributed by atoms with Gasteiger partial charge in [0.1, 0.15) is 35.9 Å². The Balaban J connectivity index is 1.33. The highest BCUT2D eigenvalue weighted by molar-refractivity contribution is 6.39. The van der Waals surface area contributed by atoms with Crippen molar-refractivity contribution in [2.45, 2.75) is 50.1 Å². The molecule has 15 nitrogen and oxygen atoms in total. The molecule has 5 atom stereocenters. The van der Waals surface area contributed by atoms with Crippen LogP contribution >= 0.6 is 0 Å². The van der Waals surface area contributed by atoms with Crippen molar-refractivity contribution in [3.05, 3.63) is 77.1 Å². The van der Waals surface area contributed by atoms with Gasteiger partial charge in [-0.05, 0) is 49.2 Å². The maximum atomic E-state index is 14.3. The number of rotatable bonds is 8. The maximum absolute atomic E-state index is 14.3. The number of nitrogens with zero attached hydrogens (tertiary/aromatic N) is 3. The molecule has 258 valence electrons. The van der Waals surface area contributed by atoms with Crippen molar-refractivity contribution in [3.8, 4) is 11.5 Å². The summed E-state index contributed by atoms with van der Waals surface area (Å²) in [4.78, 5) is 42.0. The van der Waals surface area contributed by atoms with E-state index in [0.717, 1.165) is 0 Å². The lowest BCUT2D eigenvalue weighted by atomic mass is 9.96. The third-order valence-corrected chi connectivity index (χ3v) is 9.50. The van der Waals surface area contributed by atoms with Crippen LogP contribution in [-0.4, -0.2) is 105 Å². The van der Waals surface area contributed by atoms with Crippen LogP contribution in [0.25, 0.3) is 43.6 Å². The molecule has 8 rings (SSSR count). The van der Waals surface area contributed by atoms with Gasteiger partial charge >= 0.3 is 0 Å². The predicted molar refractivity (Wildman–Crippen MR) is 176 cm³/mol. The van der Waals surface area contributed by atoms with Gasteiger partial charge < -0.3 is 50.0 Å². The predicted octanol–water partition coefficient (Wildman–Crippen LogP) is 1.86. The van der Waals surface area contributed by atoms with Gasteiger partial charge in [-0.15, -0.1) is 5.06 Å². The molecule has 2 aliphatic rings. The van der Waals surface area contributed by atoms with Gasteiger partial charge in [0.05, 0.1) is 58.7 Å². The molecule has 0 saturated carbocycles. The number of phenolic OH excluding ortho intramolecular Hbond substituents is 2. The zero-order chi connectivity index (χ0) is 35.0. The Hall–Kier alpha value is -5.13. The fourth-order valence-corrected chi connectivity index (χ4v) is 7.24. The van der Waals surface area contributed by atoms with E-state index in [1.54, 1.807) is 30.3 Å². The number of hydrogen-bond acceptors (Lipinski definition) is 12. The number of carbonyl (C=O) groups excluding carboxylic acids is 2. The number of aliphatic hydroxyl groups excluding tert-OH is 5. The number of hydroxylamine groups is 2. The van der Waals surface area contributed by atoms with E-state index in [4.69, 9.17) is 9.57 Å². The van der Waals surface area contributed by atoms with Crippen molar-refractivity contribution in [1.82, 2.24) is 19.6 Å². The molecule has 0 radical (unpaired) electrons. The van der Waals surface area contributed by atoms with E-state index < -0.39 is 49.1 Å². The molecule has 3 aromatic carbocycles. The number of ether oxygens (including phenoxy) is 1. The molecular formula is C35H32N4O11. The van der Waals surface area contributed by atoms with Gasteiger partial charge in [0.2, 0.25) is 0 Å². The lowest BCUT2D eigenvalue weighted by molar-refractivity contribution is -0.249. The Morgan fingerprint density at radius 3 is 2.28 bits per heavy atom. The molecule has 3 aromatic heterocycles. The van der Waals surface area contributed by atoms with Crippen LogP contribution in [0.4, 0.5) is 0 Å². The van der Waals surface area contributed by atoms with Gasteiger partial charge in [-0.25, -0.2) is 0 Å². The molecule has 5 heterocycles. The second kappa shape index (κ2) is 12.0. The average molecular weight is 685 g/mol. The Morgan fingerprint density at radius 2 is 1.54 bits per heavy atom. The number of amides is 2. The number of aryl methyl sites for hydroxylation is 1. The van der Waals surface area contributed by atoms with E-state index in [9.17, 15) is 45.3 Å². The minimum absolute atomic E-state index is 0.0113. The first-order valence-electron chi connectivity index (χ1n) is 16.0. The van der Waals surface area contributed by atoms with Gasteiger partial charge in [0.15, 0.2) is 6.23 Å². The summed E-state index contributed by atoms with van der Waals surface area (Å²) in [6.45, 7) is -0.921. The van der Waals surface area contributed by atoms with Crippen molar-refractivity contribution in [3.63, 3.8) is 0 Å². The van der Waals surface area contributed by atoms with E-state index >= 15 is 0 Å². The summed E-state index contributed by atoms with van der Waals surface area (Å²) in [7, 11) is 0. The minimum atomic E-state index is -1.74. The number of benzene rings is 3. The van der Waals surface area contributed by atoms with Crippen LogP contribution in [-0.2, 0) is 22.6 Å². The number of aromatic hydroxyl groups is 2. The molecule has 5 unspecified atom stereocenters. The Labute approximate surface area is 281 Å². The Kier molecular flexibility index (Phi) is 7.72. The zero-order valence-electron chi connectivity index (χ0n) is 26.2. The van der Waals surface area contributed by atoms with Gasteiger partial charge in [-0.3, -0.25) is 19.4 Å². The SMILES string of the molecule is O=C1c2c(c3c4ccc(O)cc4n(C4OC(CO)C(O)C(O)C4O)c3c3[nH]c4cc(O)ccc4c23)C(=O)N1OCCCc1cccc(CO)n1. The minimum Gasteiger partial charge on any atom is -0.508 e. The smallest absolute Gasteiger partial charge is 0.286 e. The normalized spacial score (nSPS) is 22.5. The first-order chi connectivity index (χ1) is 24.1. The first kappa shape index (κ1) is 32.1. The highest BCUT2D eigenvalue weighted by Gasteiger charge is 2.47. The number of nitrogens with one attached hydrogen (secondary N) is 1. The number of aliphatic hydroxyl groups is 5. The molecule has 8 N–H and O–H groups in total. The summed E-state index contributed by atoms with van der Waals surface area (Å²) >= 11 is 0. The van der Waals surface area contributed by atoms with Crippen molar-refractivity contribution in [2.75, 3.05) is 13.2 Å². The number of hydrogen-bond donors (Lipinski definition) is 8. The third kappa shape index (κ3) is 4.74. The number of aromatic nitrogens is 3. The summed E-state index contributed by atoms with van der Waals surface area (Å²) in [6.07, 6.45) is -7.01. The lowest BCUT2D eigenvalue weighted by Gasteiger charge is -2.41. The van der Waals surface area contributed by atoms with Crippen LogP contribution in [0.5, 0.6) is 11.5 Å². The van der Waals surface area contributed by atoms with Crippen LogP contribution in [0.3, 0.4) is 0 Å². The second-order valence-corrected chi connectivity index (χ2v) is 12.5. The Bertz CT molecular complexity index is 2350. The van der Waals surface area contributed by atoms with Gasteiger partial charge in [0, 0.05) is 39.4 Å². The van der Waals surface area contributed by atoms with Crippen LogP contribution < -0.4 is 0 Å². The second-order valence-electron chi connectivity index (χ2n) is 12.5. The van der Waals surface area contributed by atoms with Crippen LogP contribution in [0.2, 0.25) is 0 Å². The third-order valence-electron chi connectivity index (χ3n) is 9.50. The zero-order valence-corrected chi connectivity index (χ0v) is 26.2. The topological polar surface area (TPSA) is 231 Å². The van der Waals surface area contributed by atoms with Crippen molar-refractivity contribution in [1.29, 1.82) is 0 Å². The molecular weight excluding hydrogens is 652 g/mol. The molecule has 0 spiro atoms. The summed E-state index contributed by atoms with van der Waals surface area (Å²) in [5.41, 5.74) is 2.47. The summed E-state index contributed by atoms with van der Waals surface area (Å²) in [5.74, 6) is -1.72. The molecule has 2 aliphatic heterocycles. The standard InChI is InChI=1S/C35H32N4O11/c40-13-16-4-1-3-15(36-16)5-2-10-49-39-33(47)26-24-19-8-6-17(42)11-21(19)37-28(24)29-25(27(26)34(39)48)20-9-7-18(43)12-22(20)38(29)35-32(46)31(45)30(44)23(14-41)50-35/h1,3-4,6-9,11-12,23,30-32,35,37,40-46H,2,5,10,13-14H2. The summed E-state index contributed by atoms with van der Waals surface area (Å²) < 4.78 is 7.45. The fraction of sp³-hybridized carbons (Fsp3) is 0.286. The van der Waals surface area contributed by atoms with Crippen LogP contribution in [0.15, 0.2) is 54.6 Å². The molecule has 50 heavy (non-hydrogen) atoms. The number of aromatic amines is 1. The lowest BCUT2D eigenvalue weighted by Crippen LogP contribution is -2.56. The number of phenols is 2. The molecule has 0 aliphatic carbocycles. The van der Waals surface area contributed by atoms with E-state index in [1.165, 1.54) is 28.8 Å². The summed E-state index contributed by atoms with van der Waals surface area (Å²) in [6, 6.07) is 14.1. The number of pyridine rings is 1. The molecule has 1 saturated heterocycles. The van der Waals surface area contributed by atoms with E-state index in [2.05, 4.69) is 9.97 Å². The number of carbonyl (C=O) groups is 2. The van der Waals surface area contributed by atoms with Gasteiger partial charge in [-0.2, -0.15) is 0 Å². The molecule has 1 fully saturated rings. The van der Waals surface area contributed by atoms with Crippen molar-refractivity contribution in [2.24, 2.45) is 0 Å². The molecule has 2 amide bonds. The molecule has 15 heteroatoms. The first-order valence-corrected chi connectivity index (χ1v) is 16.0. The van der Waals surface area contributed by atoms with Crippen LogP contribution in [0, 0.1) is 0 Å². The summed E-state index contributed by atoms with van der Waals surface area (Å²) in [5, 5.41) is 75.0. The maximum Gasteiger partial charge on any atom is 0.286 e. The number of fused-ring (bicyclic) bond motifs is 10. The van der Waals surface area contributed by atoms with E-state index in [1.807, 2.05) is 0 Å². The van der Waals surface area contributed by atoms with Crippen molar-refractivity contribution >= 4 is 55.4 Å². The monoisotopic (exact) mass is 684 g/mol. The van der Waals surface area contributed by atoms with Crippen molar-refractivity contribution < 1.29 is 54.9 Å². The highest BCUT2D eigenvalue weighted by atomic mass is 16.7. The van der Waals surface area contributed by atoms with E-state index in [0.29, 0.717) is 56.5 Å². The average Bonchev–Trinajstić information content (AvgIpc) is 3.72. The van der Waals surface area contributed by atoms with Gasteiger partial charge in [-0.1, -0.05) is 6.07 Å². The number of H-pyrrole nitrogens is 1. The molecule has 6 aromatic rings. The largest absolute Gasteiger partial charge is 0.508 e. The number of imide groups is 1.